The quantitative estimate of drug-likeness (QED) is 0.251. The number of nitro benzene ring substituents is 1. The molecule has 1 atom stereocenters. The van der Waals surface area contributed by atoms with Crippen molar-refractivity contribution < 1.29 is 34.4 Å². The molecule has 0 amide bonds. The molecule has 0 radical (unpaired) electrons. The molecule has 0 aliphatic carbocycles. The van der Waals surface area contributed by atoms with Crippen molar-refractivity contribution in [3.8, 4) is 11.5 Å². The summed E-state index contributed by atoms with van der Waals surface area (Å²) in [6, 6.07) is 10.3. The molecular weight excluding hydrogens is 475 g/mol. The summed E-state index contributed by atoms with van der Waals surface area (Å²) in [6.07, 6.45) is 2.55. The van der Waals surface area contributed by atoms with Crippen LogP contribution in [0.3, 0.4) is 0 Å². The predicted octanol–water partition coefficient (Wildman–Crippen LogP) is 4.70. The third-order valence-electron chi connectivity index (χ3n) is 4.73. The van der Waals surface area contributed by atoms with Gasteiger partial charge in [0.25, 0.3) is 5.69 Å². The Labute approximate surface area is 199 Å². The molecular formula is C22H20Cl2N2O7. The van der Waals surface area contributed by atoms with E-state index in [-0.39, 0.29) is 23.1 Å². The molecule has 1 heterocycles. The number of aromatic amines is 1. The number of halogens is 2. The van der Waals surface area contributed by atoms with Crippen LogP contribution in [0.5, 0.6) is 11.5 Å². The first-order chi connectivity index (χ1) is 15.3. The number of nitrogens with one attached hydrogen (secondary N) is 1. The first kappa shape index (κ1) is 25.9. The van der Waals surface area contributed by atoms with Gasteiger partial charge >= 0.3 is 5.97 Å². The molecule has 33 heavy (non-hydrogen) atoms. The standard InChI is InChI=1S/C22H18Cl2N2O6.H2O/c1-30-19-8-5-14(9-21(19)31-2)20(10-16-17(23)11-25-12-18(16)24)32-22(27)13-3-6-15(7-4-13)26(28)29;/h3-9,11-12,20H,10H2,1-2H3;1H2/t20-;/m0./s1. The maximum atomic E-state index is 12.8. The van der Waals surface area contributed by atoms with Gasteiger partial charge in [-0.3, -0.25) is 10.1 Å². The van der Waals surface area contributed by atoms with Gasteiger partial charge in [-0.2, -0.15) is 0 Å². The molecule has 2 N–H and O–H groups in total. The molecule has 3 aromatic rings. The lowest BCUT2D eigenvalue weighted by atomic mass is 10.0. The van der Waals surface area contributed by atoms with Crippen molar-refractivity contribution in [2.24, 2.45) is 0 Å². The van der Waals surface area contributed by atoms with Crippen molar-refractivity contribution >= 4 is 34.9 Å². The van der Waals surface area contributed by atoms with Gasteiger partial charge in [-0.25, -0.2) is 9.78 Å². The van der Waals surface area contributed by atoms with Gasteiger partial charge in [0.2, 0.25) is 0 Å². The number of pyridine rings is 1. The lowest BCUT2D eigenvalue weighted by Crippen LogP contribution is -2.15. The molecule has 0 bridgehead atoms. The van der Waals surface area contributed by atoms with Crippen LogP contribution in [0.1, 0.15) is 27.6 Å². The average molecular weight is 495 g/mol. The Morgan fingerprint density at radius 2 is 1.64 bits per heavy atom. The van der Waals surface area contributed by atoms with Crippen LogP contribution in [-0.2, 0) is 11.2 Å². The maximum absolute atomic E-state index is 12.8. The van der Waals surface area contributed by atoms with Gasteiger partial charge in [-0.15, -0.1) is 0 Å². The Kier molecular flexibility index (Phi) is 8.98. The van der Waals surface area contributed by atoms with Crippen molar-refractivity contribution in [2.45, 2.75) is 12.5 Å². The Morgan fingerprint density at radius 1 is 1.03 bits per heavy atom. The van der Waals surface area contributed by atoms with Gasteiger partial charge in [-0.1, -0.05) is 29.3 Å². The molecule has 0 aliphatic rings. The second-order valence-electron chi connectivity index (χ2n) is 6.65. The molecule has 3 rings (SSSR count). The van der Waals surface area contributed by atoms with Crippen molar-refractivity contribution in [3.63, 3.8) is 0 Å². The average Bonchev–Trinajstić information content (AvgIpc) is 2.80. The van der Waals surface area contributed by atoms with Gasteiger partial charge in [0.05, 0.1) is 24.7 Å². The molecule has 0 spiro atoms. The van der Waals surface area contributed by atoms with Crippen LogP contribution in [-0.4, -0.2) is 30.6 Å². The van der Waals surface area contributed by atoms with Gasteiger partial charge in [0.15, 0.2) is 23.9 Å². The monoisotopic (exact) mass is 494 g/mol. The van der Waals surface area contributed by atoms with Crippen LogP contribution < -0.4 is 14.5 Å². The maximum Gasteiger partial charge on any atom is 0.338 e. The van der Waals surface area contributed by atoms with Crippen LogP contribution in [0, 0.1) is 10.1 Å². The van der Waals surface area contributed by atoms with Gasteiger partial charge < -0.3 is 19.7 Å². The van der Waals surface area contributed by atoms with Gasteiger partial charge in [-0.05, 0) is 29.8 Å². The summed E-state index contributed by atoms with van der Waals surface area (Å²) in [5, 5.41) is 11.6. The zero-order chi connectivity index (χ0) is 23.3. The van der Waals surface area contributed by atoms with Crippen molar-refractivity contribution in [3.05, 3.63) is 91.7 Å². The normalized spacial score (nSPS) is 11.2. The van der Waals surface area contributed by atoms with E-state index in [9.17, 15) is 14.9 Å². The van der Waals surface area contributed by atoms with Crippen LogP contribution >= 0.6 is 23.2 Å². The highest BCUT2D eigenvalue weighted by Crippen LogP contribution is 2.35. The second kappa shape index (κ2) is 11.5. The molecule has 0 fully saturated rings. The number of non-ortho nitro benzene ring substituents is 1. The molecule has 2 aromatic carbocycles. The van der Waals surface area contributed by atoms with Crippen LogP contribution in [0.15, 0.2) is 54.9 Å². The number of benzene rings is 2. The minimum Gasteiger partial charge on any atom is -0.870 e. The van der Waals surface area contributed by atoms with E-state index < -0.39 is 17.0 Å². The number of ether oxygens (including phenoxy) is 3. The Bertz CT molecular complexity index is 1120. The van der Waals surface area contributed by atoms with E-state index in [2.05, 4.69) is 4.98 Å². The smallest absolute Gasteiger partial charge is 0.338 e. The number of esters is 1. The van der Waals surface area contributed by atoms with E-state index in [0.717, 1.165) is 0 Å². The summed E-state index contributed by atoms with van der Waals surface area (Å²) in [6.45, 7) is 0. The zero-order valence-corrected chi connectivity index (χ0v) is 19.1. The summed E-state index contributed by atoms with van der Waals surface area (Å²) in [4.78, 5) is 26.0. The molecule has 9 nitrogen and oxygen atoms in total. The van der Waals surface area contributed by atoms with E-state index >= 15 is 0 Å². The van der Waals surface area contributed by atoms with E-state index in [1.807, 2.05) is 0 Å². The summed E-state index contributed by atoms with van der Waals surface area (Å²) < 4.78 is 16.4. The number of methoxy groups -OCH3 is 2. The Balaban J connectivity index is 0.00000385. The number of rotatable bonds is 8. The largest absolute Gasteiger partial charge is 0.870 e. The van der Waals surface area contributed by atoms with Gasteiger partial charge in [0.1, 0.15) is 16.1 Å². The number of hydrogen-bond acceptors (Lipinski definition) is 7. The second-order valence-corrected chi connectivity index (χ2v) is 7.46. The predicted molar refractivity (Wildman–Crippen MR) is 119 cm³/mol. The minimum atomic E-state index is -0.783. The van der Waals surface area contributed by atoms with Crippen molar-refractivity contribution in [1.29, 1.82) is 0 Å². The number of aromatic nitrogens is 1. The molecule has 0 unspecified atom stereocenters. The molecule has 1 aromatic heterocycles. The summed E-state index contributed by atoms with van der Waals surface area (Å²) in [5.41, 5.74) is 1.25. The third-order valence-corrected chi connectivity index (χ3v) is 5.40. The Morgan fingerprint density at radius 3 is 2.18 bits per heavy atom. The zero-order valence-electron chi connectivity index (χ0n) is 17.6. The van der Waals surface area contributed by atoms with E-state index in [1.54, 1.807) is 30.6 Å². The minimum absolute atomic E-state index is 0. The highest BCUT2D eigenvalue weighted by Gasteiger charge is 2.24. The first-order valence-corrected chi connectivity index (χ1v) is 10.1. The van der Waals surface area contributed by atoms with Crippen LogP contribution in [0.4, 0.5) is 5.69 Å². The summed E-state index contributed by atoms with van der Waals surface area (Å²) in [7, 11) is 3.02. The lowest BCUT2D eigenvalue weighted by Gasteiger charge is -2.20. The number of H-pyrrole nitrogens is 1. The molecule has 174 valence electrons. The van der Waals surface area contributed by atoms with E-state index in [0.29, 0.717) is 32.7 Å². The summed E-state index contributed by atoms with van der Waals surface area (Å²) in [5.74, 6) is 0.316. The van der Waals surface area contributed by atoms with E-state index in [1.165, 1.54) is 38.5 Å². The fourth-order valence-electron chi connectivity index (χ4n) is 3.05. The van der Waals surface area contributed by atoms with Crippen LogP contribution in [0.2, 0.25) is 10.0 Å². The number of carbonyl (C=O) groups excluding carboxylic acids is 1. The Hall–Kier alpha value is -3.40. The fraction of sp³-hybridized carbons (Fsp3) is 0.182. The molecule has 0 saturated carbocycles. The number of hydrogen-bond donors (Lipinski definition) is 0. The highest BCUT2D eigenvalue weighted by atomic mass is 35.5. The topological polar surface area (TPSA) is 132 Å². The summed E-state index contributed by atoms with van der Waals surface area (Å²) >= 11 is 12.6. The number of nitro groups is 1. The third kappa shape index (κ3) is 6.10. The van der Waals surface area contributed by atoms with Crippen molar-refractivity contribution in [1.82, 2.24) is 0 Å². The fourth-order valence-corrected chi connectivity index (χ4v) is 3.59. The van der Waals surface area contributed by atoms with E-state index in [4.69, 9.17) is 37.4 Å². The van der Waals surface area contributed by atoms with Crippen LogP contribution in [0.25, 0.3) is 0 Å². The van der Waals surface area contributed by atoms with Crippen molar-refractivity contribution in [2.75, 3.05) is 14.2 Å². The first-order valence-electron chi connectivity index (χ1n) is 9.35. The highest BCUT2D eigenvalue weighted by molar-refractivity contribution is 6.35. The number of carbonyl (C=O) groups is 1. The lowest BCUT2D eigenvalue weighted by molar-refractivity contribution is -0.384. The molecule has 11 heteroatoms. The molecule has 0 aliphatic heterocycles. The molecule has 0 saturated heterocycles. The van der Waals surface area contributed by atoms with Gasteiger partial charge in [0, 0.05) is 24.1 Å². The number of nitrogens with zero attached hydrogens (tertiary/aromatic N) is 1. The SMILES string of the molecule is COc1ccc([C@H](Cc2c(Cl)c[nH+]cc2Cl)OC(=O)c2ccc([N+](=O)[O-])cc2)cc1OC.[OH-].